The number of allylic oxidation sites excluding steroid dienone is 24. The van der Waals surface area contributed by atoms with Gasteiger partial charge in [0.2, 0.25) is 0 Å². The largest absolute Gasteiger partial charge is 0.0834 e. The second kappa shape index (κ2) is 15.6. The average Bonchev–Trinajstić information content (AvgIpc) is 2.85. The van der Waals surface area contributed by atoms with Crippen molar-refractivity contribution >= 4 is 0 Å². The first-order valence-corrected chi connectivity index (χ1v) is 15.0. The highest BCUT2D eigenvalue weighted by Crippen LogP contribution is 2.41. The van der Waals surface area contributed by atoms with Crippen molar-refractivity contribution in [3.8, 4) is 0 Å². The lowest BCUT2D eigenvalue weighted by molar-refractivity contribution is 0.377. The maximum absolute atomic E-state index is 2.37. The van der Waals surface area contributed by atoms with Crippen molar-refractivity contribution < 1.29 is 0 Å². The third-order valence-corrected chi connectivity index (χ3v) is 7.98. The van der Waals surface area contributed by atoms with Crippen LogP contribution in [0.15, 0.2) is 142 Å². The minimum Gasteiger partial charge on any atom is -0.0834 e. The van der Waals surface area contributed by atoms with Crippen LogP contribution in [0.25, 0.3) is 0 Å². The Morgan fingerprint density at radius 3 is 1.60 bits per heavy atom. The van der Waals surface area contributed by atoms with Crippen molar-refractivity contribution in [1.82, 2.24) is 0 Å². The minimum atomic E-state index is 0.204. The zero-order chi connectivity index (χ0) is 29.8. The van der Waals surface area contributed by atoms with Crippen LogP contribution in [0.5, 0.6) is 0 Å². The van der Waals surface area contributed by atoms with Gasteiger partial charge in [-0.3, -0.25) is 0 Å². The monoisotopic (exact) mass is 534 g/mol. The van der Waals surface area contributed by atoms with Gasteiger partial charge >= 0.3 is 0 Å². The van der Waals surface area contributed by atoms with Crippen molar-refractivity contribution in [2.45, 2.75) is 94.9 Å². The van der Waals surface area contributed by atoms with Gasteiger partial charge in [-0.05, 0) is 94.8 Å². The Kier molecular flexibility index (Phi) is 12.9. The summed E-state index contributed by atoms with van der Waals surface area (Å²) in [6, 6.07) is 0. The van der Waals surface area contributed by atoms with Crippen LogP contribution in [0, 0.1) is 10.8 Å². The highest BCUT2D eigenvalue weighted by atomic mass is 14.3. The molecule has 0 aliphatic heterocycles. The molecule has 0 saturated carbocycles. The molecule has 0 amide bonds. The molecule has 0 unspecified atom stereocenters. The topological polar surface area (TPSA) is 0 Å². The van der Waals surface area contributed by atoms with Crippen molar-refractivity contribution in [2.24, 2.45) is 10.8 Å². The van der Waals surface area contributed by atoms with Crippen LogP contribution < -0.4 is 0 Å². The molecule has 0 saturated heterocycles. The molecule has 0 heteroatoms. The second-order valence-corrected chi connectivity index (χ2v) is 12.9. The third kappa shape index (κ3) is 11.2. The van der Waals surface area contributed by atoms with Crippen LogP contribution in [0.2, 0.25) is 0 Å². The van der Waals surface area contributed by atoms with E-state index in [1.807, 2.05) is 0 Å². The highest BCUT2D eigenvalue weighted by Gasteiger charge is 2.26. The molecule has 0 aromatic carbocycles. The molecule has 2 aliphatic carbocycles. The Balaban J connectivity index is 1.89. The van der Waals surface area contributed by atoms with Gasteiger partial charge in [0.25, 0.3) is 0 Å². The first-order chi connectivity index (χ1) is 18.8. The Morgan fingerprint density at radius 1 is 0.625 bits per heavy atom. The van der Waals surface area contributed by atoms with Crippen LogP contribution in [0.3, 0.4) is 0 Å². The molecule has 214 valence electrons. The van der Waals surface area contributed by atoms with E-state index in [2.05, 4.69) is 166 Å². The summed E-state index contributed by atoms with van der Waals surface area (Å²) < 4.78 is 0. The molecule has 0 aromatic rings. The van der Waals surface area contributed by atoms with Gasteiger partial charge in [0, 0.05) is 0 Å². The Morgan fingerprint density at radius 2 is 1.10 bits per heavy atom. The molecule has 0 nitrogen and oxygen atoms in total. The average molecular weight is 535 g/mol. The zero-order valence-corrected chi connectivity index (χ0v) is 27.1. The van der Waals surface area contributed by atoms with Crippen molar-refractivity contribution in [2.75, 3.05) is 0 Å². The molecule has 0 N–H and O–H groups in total. The quantitative estimate of drug-likeness (QED) is 0.244. The third-order valence-electron chi connectivity index (χ3n) is 7.98. The predicted octanol–water partition coefficient (Wildman–Crippen LogP) is 12.4. The maximum Gasteiger partial charge on any atom is -0.00664 e. The normalized spacial score (nSPS) is 21.6. The molecule has 0 fully saturated rings. The summed E-state index contributed by atoms with van der Waals surface area (Å²) in [6.45, 7) is 22.5. The summed E-state index contributed by atoms with van der Waals surface area (Å²) in [6.07, 6.45) is 40.0. The van der Waals surface area contributed by atoms with Gasteiger partial charge in [-0.1, -0.05) is 153 Å². The smallest absolute Gasteiger partial charge is 0.00664 e. The lowest BCUT2D eigenvalue weighted by atomic mass is 9.72. The van der Waals surface area contributed by atoms with Gasteiger partial charge in [0.15, 0.2) is 0 Å². The maximum atomic E-state index is 2.37. The van der Waals surface area contributed by atoms with Crippen molar-refractivity contribution in [3.05, 3.63) is 142 Å². The summed E-state index contributed by atoms with van der Waals surface area (Å²) >= 11 is 0. The van der Waals surface area contributed by atoms with Crippen molar-refractivity contribution in [1.29, 1.82) is 0 Å². The minimum absolute atomic E-state index is 0.204. The van der Waals surface area contributed by atoms with E-state index < -0.39 is 0 Å². The van der Waals surface area contributed by atoms with E-state index in [1.165, 1.54) is 58.3 Å². The Hall–Kier alpha value is -3.12. The molecular weight excluding hydrogens is 480 g/mol. The molecular formula is C40H54. The molecule has 0 spiro atoms. The van der Waals surface area contributed by atoms with E-state index in [-0.39, 0.29) is 10.8 Å². The zero-order valence-electron chi connectivity index (χ0n) is 27.1. The molecule has 0 heterocycles. The van der Waals surface area contributed by atoms with Crippen LogP contribution in [0.1, 0.15) is 94.9 Å². The fourth-order valence-corrected chi connectivity index (χ4v) is 5.40. The first-order valence-electron chi connectivity index (χ1n) is 15.0. The van der Waals surface area contributed by atoms with E-state index >= 15 is 0 Å². The standard InChI is InChI=1S/C40H54/c1-31(19-13-21-33(3)25-27-37-35(5)23-15-29-39(37,7)8)17-11-12-18-32(2)20-14-22-34(4)26-28-38-36(6)24-16-30-40(38,9)10/h11-15,17-23,25-28H,16,24,29-30H2,1-10H3/b12-11-,19-13+,20-14+,27-25+,28-26+,31-17-,32-18-,33-21-,34-22+. The Bertz CT molecular complexity index is 1260. The van der Waals surface area contributed by atoms with Gasteiger partial charge in [0.05, 0.1) is 0 Å². The van der Waals surface area contributed by atoms with E-state index in [0.717, 1.165) is 6.42 Å². The van der Waals surface area contributed by atoms with Gasteiger partial charge in [-0.15, -0.1) is 0 Å². The lowest BCUT2D eigenvalue weighted by Gasteiger charge is -2.32. The van der Waals surface area contributed by atoms with E-state index in [4.69, 9.17) is 0 Å². The summed E-state index contributed by atoms with van der Waals surface area (Å²) in [7, 11) is 0. The van der Waals surface area contributed by atoms with Gasteiger partial charge in [0.1, 0.15) is 0 Å². The summed E-state index contributed by atoms with van der Waals surface area (Å²) in [5.41, 5.74) is 11.3. The fraction of sp³-hybridized carbons (Fsp3) is 0.400. The summed E-state index contributed by atoms with van der Waals surface area (Å²) in [4.78, 5) is 0. The van der Waals surface area contributed by atoms with Crippen LogP contribution in [0.4, 0.5) is 0 Å². The molecule has 2 aliphatic rings. The number of hydrogen-bond donors (Lipinski definition) is 0. The highest BCUT2D eigenvalue weighted by molar-refractivity contribution is 5.42. The van der Waals surface area contributed by atoms with Gasteiger partial charge in [-0.25, -0.2) is 0 Å². The van der Waals surface area contributed by atoms with E-state index in [9.17, 15) is 0 Å². The fourth-order valence-electron chi connectivity index (χ4n) is 5.40. The van der Waals surface area contributed by atoms with Gasteiger partial charge < -0.3 is 0 Å². The van der Waals surface area contributed by atoms with E-state index in [0.29, 0.717) is 0 Å². The summed E-state index contributed by atoms with van der Waals surface area (Å²) in [5, 5.41) is 0. The van der Waals surface area contributed by atoms with Crippen LogP contribution in [-0.4, -0.2) is 0 Å². The molecule has 0 aromatic heterocycles. The number of hydrogen-bond acceptors (Lipinski definition) is 0. The predicted molar refractivity (Wildman–Crippen MR) is 181 cm³/mol. The molecule has 0 bridgehead atoms. The van der Waals surface area contributed by atoms with Gasteiger partial charge in [-0.2, -0.15) is 0 Å². The second-order valence-electron chi connectivity index (χ2n) is 12.9. The number of rotatable bonds is 10. The van der Waals surface area contributed by atoms with E-state index in [1.54, 1.807) is 5.57 Å². The van der Waals surface area contributed by atoms with Crippen LogP contribution in [-0.2, 0) is 0 Å². The Labute approximate surface area is 247 Å². The summed E-state index contributed by atoms with van der Waals surface area (Å²) in [5.74, 6) is 0. The molecule has 0 radical (unpaired) electrons. The van der Waals surface area contributed by atoms with Crippen LogP contribution >= 0.6 is 0 Å². The SMILES string of the molecule is CC1=C(/C=C/C(C)=C\C=C\C(C)=C/C=C\C=C(C)/C=C/C=C(C)/C=C/C2=C(C)CCCC2(C)C)C(C)(C)CC=C1. The van der Waals surface area contributed by atoms with Crippen molar-refractivity contribution in [3.63, 3.8) is 0 Å². The molecule has 0 atom stereocenters. The molecule has 2 rings (SSSR count). The molecule has 40 heavy (non-hydrogen) atoms. The lowest BCUT2D eigenvalue weighted by Crippen LogP contribution is -2.19. The first kappa shape index (κ1) is 33.1.